The Morgan fingerprint density at radius 1 is 1.67 bits per heavy atom. The Hall–Kier alpha value is 0.250. The molecule has 2 heteroatoms. The number of nitrogens with zero attached hydrogens (tertiary/aromatic N) is 1. The minimum Gasteiger partial charge on any atom is -0.306 e. The normalized spacial score (nSPS) is 30.7. The van der Waals surface area contributed by atoms with Crippen LogP contribution in [-0.2, 0) is 0 Å². The smallest absolute Gasteiger partial charge is 0.0263 e. The summed E-state index contributed by atoms with van der Waals surface area (Å²) in [5.74, 6) is 1.59. The second-order valence-electron chi connectivity index (χ2n) is 2.92. The van der Waals surface area contributed by atoms with Crippen molar-refractivity contribution in [3.05, 3.63) is 0 Å². The third-order valence-corrected chi connectivity index (χ3v) is 2.38. The van der Waals surface area contributed by atoms with Crippen LogP contribution in [0.5, 0.6) is 0 Å². The fourth-order valence-electron chi connectivity index (χ4n) is 1.40. The Balaban J connectivity index is 2.23. The minimum atomic E-state index is 0.755. The van der Waals surface area contributed by atoms with Gasteiger partial charge in [0.1, 0.15) is 0 Å². The van der Waals surface area contributed by atoms with Crippen molar-refractivity contribution >= 4 is 11.6 Å². The zero-order valence-corrected chi connectivity index (χ0v) is 6.69. The van der Waals surface area contributed by atoms with Gasteiger partial charge in [-0.2, -0.15) is 0 Å². The molecule has 1 aliphatic rings. The minimum absolute atomic E-state index is 0.755. The van der Waals surface area contributed by atoms with Crippen molar-refractivity contribution in [3.8, 4) is 0 Å². The largest absolute Gasteiger partial charge is 0.306 e. The topological polar surface area (TPSA) is 3.24 Å². The number of likely N-dealkylation sites (tertiary alicyclic amines) is 1. The molecule has 1 fully saturated rings. The molecule has 0 aromatic rings. The zero-order valence-electron chi connectivity index (χ0n) is 5.94. The van der Waals surface area contributed by atoms with E-state index in [1.165, 1.54) is 25.9 Å². The first-order valence-electron chi connectivity index (χ1n) is 3.57. The highest BCUT2D eigenvalue weighted by Gasteiger charge is 2.14. The molecule has 0 amide bonds. The summed E-state index contributed by atoms with van der Waals surface area (Å²) in [5.41, 5.74) is 0. The van der Waals surface area contributed by atoms with E-state index in [0.717, 1.165) is 11.8 Å². The highest BCUT2D eigenvalue weighted by Crippen LogP contribution is 2.15. The maximum atomic E-state index is 5.72. The lowest BCUT2D eigenvalue weighted by Crippen LogP contribution is -2.32. The predicted octanol–water partition coefficient (Wildman–Crippen LogP) is 1.57. The van der Waals surface area contributed by atoms with Gasteiger partial charge in [-0.05, 0) is 32.4 Å². The Kier molecular flexibility index (Phi) is 2.80. The molecule has 0 aromatic heterocycles. The molecule has 0 aromatic carbocycles. The summed E-state index contributed by atoms with van der Waals surface area (Å²) in [5, 5.41) is 0. The van der Waals surface area contributed by atoms with E-state index in [-0.39, 0.29) is 0 Å². The van der Waals surface area contributed by atoms with E-state index < -0.39 is 0 Å². The van der Waals surface area contributed by atoms with Crippen molar-refractivity contribution < 1.29 is 0 Å². The van der Waals surface area contributed by atoms with Crippen molar-refractivity contribution in [2.75, 3.05) is 26.0 Å². The molecule has 0 saturated carbocycles. The summed E-state index contributed by atoms with van der Waals surface area (Å²) in [6, 6.07) is 0. The molecular weight excluding hydrogens is 134 g/mol. The monoisotopic (exact) mass is 147 g/mol. The van der Waals surface area contributed by atoms with E-state index in [2.05, 4.69) is 11.9 Å². The van der Waals surface area contributed by atoms with E-state index in [1.807, 2.05) is 0 Å². The number of halogens is 1. The first-order chi connectivity index (χ1) is 4.33. The van der Waals surface area contributed by atoms with Gasteiger partial charge >= 0.3 is 0 Å². The molecule has 0 radical (unpaired) electrons. The zero-order chi connectivity index (χ0) is 6.69. The van der Waals surface area contributed by atoms with Gasteiger partial charge in [-0.1, -0.05) is 0 Å². The molecule has 0 unspecified atom stereocenters. The van der Waals surface area contributed by atoms with E-state index in [0.29, 0.717) is 0 Å². The molecule has 9 heavy (non-hydrogen) atoms. The van der Waals surface area contributed by atoms with E-state index in [1.54, 1.807) is 0 Å². The molecule has 0 bridgehead atoms. The van der Waals surface area contributed by atoms with E-state index >= 15 is 0 Å². The lowest BCUT2D eigenvalue weighted by molar-refractivity contribution is 0.223. The second-order valence-corrected chi connectivity index (χ2v) is 3.23. The van der Waals surface area contributed by atoms with Crippen molar-refractivity contribution in [2.24, 2.45) is 5.92 Å². The molecule has 54 valence electrons. The van der Waals surface area contributed by atoms with Gasteiger partial charge in [0, 0.05) is 12.4 Å². The van der Waals surface area contributed by atoms with Gasteiger partial charge in [0.05, 0.1) is 0 Å². The highest BCUT2D eigenvalue weighted by atomic mass is 35.5. The summed E-state index contributed by atoms with van der Waals surface area (Å²) >= 11 is 5.72. The van der Waals surface area contributed by atoms with Gasteiger partial charge in [-0.15, -0.1) is 11.6 Å². The van der Waals surface area contributed by atoms with Crippen molar-refractivity contribution in [3.63, 3.8) is 0 Å². The maximum Gasteiger partial charge on any atom is 0.0263 e. The van der Waals surface area contributed by atoms with E-state index in [9.17, 15) is 0 Å². The molecule has 1 heterocycles. The average Bonchev–Trinajstić information content (AvgIpc) is 1.88. The molecule has 1 nitrogen and oxygen atoms in total. The van der Waals surface area contributed by atoms with Crippen LogP contribution in [0.15, 0.2) is 0 Å². The average molecular weight is 148 g/mol. The van der Waals surface area contributed by atoms with Crippen LogP contribution in [0.4, 0.5) is 0 Å². The summed E-state index contributed by atoms with van der Waals surface area (Å²) in [6.45, 7) is 2.46. The molecule has 1 saturated heterocycles. The van der Waals surface area contributed by atoms with Crippen molar-refractivity contribution in [1.29, 1.82) is 0 Å². The Labute approximate surface area is 62.0 Å². The summed E-state index contributed by atoms with van der Waals surface area (Å²) in [4.78, 5) is 2.36. The Morgan fingerprint density at radius 2 is 2.44 bits per heavy atom. The number of rotatable bonds is 1. The molecule has 0 N–H and O–H groups in total. The van der Waals surface area contributed by atoms with Gasteiger partial charge in [-0.25, -0.2) is 0 Å². The number of hydrogen-bond donors (Lipinski definition) is 0. The van der Waals surface area contributed by atoms with Crippen LogP contribution in [0.3, 0.4) is 0 Å². The lowest BCUT2D eigenvalue weighted by Gasteiger charge is -2.27. The second kappa shape index (κ2) is 3.43. The Bertz CT molecular complexity index is 85.0. The van der Waals surface area contributed by atoms with Crippen molar-refractivity contribution in [2.45, 2.75) is 12.8 Å². The first-order valence-corrected chi connectivity index (χ1v) is 4.11. The van der Waals surface area contributed by atoms with Crippen LogP contribution in [0, 0.1) is 5.92 Å². The van der Waals surface area contributed by atoms with Crippen LogP contribution >= 0.6 is 11.6 Å². The summed E-state index contributed by atoms with van der Waals surface area (Å²) < 4.78 is 0. The van der Waals surface area contributed by atoms with Crippen molar-refractivity contribution in [1.82, 2.24) is 4.90 Å². The third kappa shape index (κ3) is 2.15. The fourth-order valence-corrected chi connectivity index (χ4v) is 1.65. The number of hydrogen-bond acceptors (Lipinski definition) is 1. The van der Waals surface area contributed by atoms with Crippen LogP contribution in [0.25, 0.3) is 0 Å². The standard InChI is InChI=1S/C7H14ClN/c1-9-4-2-3-7(5-8)6-9/h7H,2-6H2,1H3/t7-/m1/s1. The lowest BCUT2D eigenvalue weighted by atomic mass is 10.0. The van der Waals surface area contributed by atoms with Crippen LogP contribution < -0.4 is 0 Å². The quantitative estimate of drug-likeness (QED) is 0.509. The summed E-state index contributed by atoms with van der Waals surface area (Å²) in [7, 11) is 2.17. The molecule has 0 aliphatic carbocycles. The molecule has 1 aliphatic heterocycles. The molecule has 0 spiro atoms. The molecular formula is C7H14ClN. The predicted molar refractivity (Wildman–Crippen MR) is 40.9 cm³/mol. The number of alkyl halides is 1. The van der Waals surface area contributed by atoms with Gasteiger partial charge in [0.2, 0.25) is 0 Å². The maximum absolute atomic E-state index is 5.72. The summed E-state index contributed by atoms with van der Waals surface area (Å²) in [6.07, 6.45) is 2.65. The third-order valence-electron chi connectivity index (χ3n) is 1.94. The highest BCUT2D eigenvalue weighted by molar-refractivity contribution is 6.18. The van der Waals surface area contributed by atoms with Crippen LogP contribution in [-0.4, -0.2) is 30.9 Å². The number of piperidine rings is 1. The molecule has 1 atom stereocenters. The van der Waals surface area contributed by atoms with E-state index in [4.69, 9.17) is 11.6 Å². The van der Waals surface area contributed by atoms with Gasteiger partial charge < -0.3 is 4.90 Å². The SMILES string of the molecule is CN1CCC[C@H](CCl)C1. The van der Waals surface area contributed by atoms with Gasteiger partial charge in [0.15, 0.2) is 0 Å². The Morgan fingerprint density at radius 3 is 2.89 bits per heavy atom. The fraction of sp³-hybridized carbons (Fsp3) is 1.00. The van der Waals surface area contributed by atoms with Gasteiger partial charge in [0.25, 0.3) is 0 Å². The molecule has 1 rings (SSSR count). The van der Waals surface area contributed by atoms with Crippen LogP contribution in [0.2, 0.25) is 0 Å². The van der Waals surface area contributed by atoms with Crippen LogP contribution in [0.1, 0.15) is 12.8 Å². The van der Waals surface area contributed by atoms with Gasteiger partial charge in [-0.3, -0.25) is 0 Å². The first kappa shape index (κ1) is 7.36.